The minimum absolute atomic E-state index is 0.651. The summed E-state index contributed by atoms with van der Waals surface area (Å²) < 4.78 is 0. The highest BCUT2D eigenvalue weighted by atomic mass is 15.2. The number of likely N-dealkylation sites (tertiary alicyclic amines) is 1. The third-order valence-corrected chi connectivity index (χ3v) is 7.15. The Hall–Kier alpha value is -0.0800. The number of piperidine rings is 1. The molecule has 0 radical (unpaired) electrons. The Morgan fingerprint density at radius 2 is 1.45 bits per heavy atom. The molecule has 5 saturated carbocycles. The summed E-state index contributed by atoms with van der Waals surface area (Å²) in [5.74, 6) is 3.29. The molecule has 0 aromatic carbocycles. The number of nitrogens with one attached hydrogen (secondary N) is 1. The third kappa shape index (κ3) is 2.06. The number of nitrogens with zero attached hydrogens (tertiary/aromatic N) is 1. The SMILES string of the molecule is C1CC(NC2CC2)CN(C23CC4CC(CC(C4)C2)C3)C1. The average molecular weight is 274 g/mol. The fourth-order valence-corrected chi connectivity index (χ4v) is 6.58. The van der Waals surface area contributed by atoms with E-state index in [0.29, 0.717) is 5.54 Å². The zero-order valence-corrected chi connectivity index (χ0v) is 12.8. The van der Waals surface area contributed by atoms with Crippen LogP contribution >= 0.6 is 0 Å². The molecule has 1 aliphatic heterocycles. The lowest BCUT2D eigenvalue weighted by Gasteiger charge is -2.61. The van der Waals surface area contributed by atoms with E-state index in [0.717, 1.165) is 29.8 Å². The molecule has 5 aliphatic carbocycles. The highest BCUT2D eigenvalue weighted by Crippen LogP contribution is 2.58. The van der Waals surface area contributed by atoms with Gasteiger partial charge >= 0.3 is 0 Å². The first-order valence-electron chi connectivity index (χ1n) is 9.30. The Morgan fingerprint density at radius 3 is 2.05 bits per heavy atom. The second-order valence-electron chi connectivity index (χ2n) is 8.87. The van der Waals surface area contributed by atoms with E-state index in [4.69, 9.17) is 0 Å². The molecule has 6 fully saturated rings. The fourth-order valence-electron chi connectivity index (χ4n) is 6.58. The molecule has 0 spiro atoms. The summed E-state index contributed by atoms with van der Waals surface area (Å²) in [6.45, 7) is 2.76. The van der Waals surface area contributed by atoms with Crippen molar-refractivity contribution in [3.63, 3.8) is 0 Å². The van der Waals surface area contributed by atoms with Crippen molar-refractivity contribution < 1.29 is 0 Å². The Balaban J connectivity index is 1.33. The van der Waals surface area contributed by atoms with Gasteiger partial charge in [0.2, 0.25) is 0 Å². The van der Waals surface area contributed by atoms with Gasteiger partial charge in [-0.2, -0.15) is 0 Å². The van der Waals surface area contributed by atoms with Gasteiger partial charge in [0.1, 0.15) is 0 Å². The molecule has 2 nitrogen and oxygen atoms in total. The van der Waals surface area contributed by atoms with Crippen LogP contribution in [0, 0.1) is 17.8 Å². The van der Waals surface area contributed by atoms with Crippen LogP contribution in [0.3, 0.4) is 0 Å². The summed E-state index contributed by atoms with van der Waals surface area (Å²) in [7, 11) is 0. The fraction of sp³-hybridized carbons (Fsp3) is 1.00. The molecule has 6 rings (SSSR count). The maximum absolute atomic E-state index is 3.91. The maximum atomic E-state index is 3.91. The molecule has 4 bridgehead atoms. The quantitative estimate of drug-likeness (QED) is 0.850. The van der Waals surface area contributed by atoms with Crippen molar-refractivity contribution in [1.82, 2.24) is 10.2 Å². The van der Waals surface area contributed by atoms with Crippen LogP contribution in [0.1, 0.15) is 64.2 Å². The van der Waals surface area contributed by atoms with Crippen LogP contribution in [-0.2, 0) is 0 Å². The predicted molar refractivity (Wildman–Crippen MR) is 81.7 cm³/mol. The average Bonchev–Trinajstić information content (AvgIpc) is 3.21. The van der Waals surface area contributed by atoms with E-state index < -0.39 is 0 Å². The number of hydrogen-bond acceptors (Lipinski definition) is 2. The van der Waals surface area contributed by atoms with Gasteiger partial charge in [-0.1, -0.05) is 0 Å². The van der Waals surface area contributed by atoms with Crippen LogP contribution in [-0.4, -0.2) is 35.6 Å². The topological polar surface area (TPSA) is 15.3 Å². The molecule has 0 amide bonds. The molecule has 20 heavy (non-hydrogen) atoms. The van der Waals surface area contributed by atoms with Crippen molar-refractivity contribution >= 4 is 0 Å². The molecule has 0 aromatic rings. The van der Waals surface area contributed by atoms with Crippen molar-refractivity contribution in [3.05, 3.63) is 0 Å². The summed E-state index contributed by atoms with van der Waals surface area (Å²) in [6.07, 6.45) is 15.1. The molecule has 1 heterocycles. The van der Waals surface area contributed by atoms with Crippen LogP contribution in [0.25, 0.3) is 0 Å². The van der Waals surface area contributed by atoms with Gasteiger partial charge in [-0.05, 0) is 88.5 Å². The molecule has 0 aromatic heterocycles. The van der Waals surface area contributed by atoms with Gasteiger partial charge < -0.3 is 5.32 Å². The van der Waals surface area contributed by atoms with Gasteiger partial charge in [-0.15, -0.1) is 0 Å². The zero-order chi connectivity index (χ0) is 13.2. The Bertz CT molecular complexity index is 352. The Labute approximate surface area is 123 Å². The summed E-state index contributed by atoms with van der Waals surface area (Å²) >= 11 is 0. The van der Waals surface area contributed by atoms with Crippen LogP contribution in [0.4, 0.5) is 0 Å². The van der Waals surface area contributed by atoms with E-state index >= 15 is 0 Å². The van der Waals surface area contributed by atoms with Crippen molar-refractivity contribution in [2.45, 2.75) is 81.8 Å². The largest absolute Gasteiger partial charge is 0.310 e. The molecule has 112 valence electrons. The highest BCUT2D eigenvalue weighted by Gasteiger charge is 2.53. The zero-order valence-electron chi connectivity index (χ0n) is 12.8. The third-order valence-electron chi connectivity index (χ3n) is 7.15. The van der Waals surface area contributed by atoms with Crippen LogP contribution in [0.15, 0.2) is 0 Å². The normalized spacial score (nSPS) is 51.6. The standard InChI is InChI=1S/C18H30N2/c1-2-17(19-16-3-4-16)12-20(5-1)18-9-13-6-14(10-18)8-15(7-13)11-18/h13-17,19H,1-12H2. The second-order valence-corrected chi connectivity index (χ2v) is 8.87. The lowest BCUT2D eigenvalue weighted by Crippen LogP contribution is -2.63. The van der Waals surface area contributed by atoms with E-state index in [2.05, 4.69) is 10.2 Å². The van der Waals surface area contributed by atoms with Gasteiger partial charge in [0.25, 0.3) is 0 Å². The first-order valence-corrected chi connectivity index (χ1v) is 9.30. The van der Waals surface area contributed by atoms with Crippen molar-refractivity contribution in [2.24, 2.45) is 17.8 Å². The molecule has 6 aliphatic rings. The molecule has 1 atom stereocenters. The Kier molecular flexibility index (Phi) is 2.78. The van der Waals surface area contributed by atoms with E-state index in [1.807, 2.05) is 0 Å². The van der Waals surface area contributed by atoms with E-state index in [1.165, 1.54) is 38.8 Å². The van der Waals surface area contributed by atoms with Crippen molar-refractivity contribution in [2.75, 3.05) is 13.1 Å². The first-order chi connectivity index (χ1) is 9.79. The lowest BCUT2D eigenvalue weighted by atomic mass is 9.52. The molecule has 1 unspecified atom stereocenters. The number of hydrogen-bond donors (Lipinski definition) is 1. The second kappa shape index (κ2) is 4.46. The molecule has 2 heteroatoms. The molecule has 1 saturated heterocycles. The minimum Gasteiger partial charge on any atom is -0.310 e. The van der Waals surface area contributed by atoms with Gasteiger partial charge in [-0.3, -0.25) is 4.90 Å². The summed E-state index contributed by atoms with van der Waals surface area (Å²) in [5, 5.41) is 3.91. The smallest absolute Gasteiger partial charge is 0.0218 e. The summed E-state index contributed by atoms with van der Waals surface area (Å²) in [5.41, 5.74) is 0.651. The Morgan fingerprint density at radius 1 is 0.800 bits per heavy atom. The van der Waals surface area contributed by atoms with E-state index in [1.54, 1.807) is 38.5 Å². The summed E-state index contributed by atoms with van der Waals surface area (Å²) in [4.78, 5) is 2.97. The maximum Gasteiger partial charge on any atom is 0.0218 e. The molecule has 1 N–H and O–H groups in total. The molecular weight excluding hydrogens is 244 g/mol. The molecular formula is C18H30N2. The lowest BCUT2D eigenvalue weighted by molar-refractivity contribution is -0.0977. The van der Waals surface area contributed by atoms with Crippen molar-refractivity contribution in [3.8, 4) is 0 Å². The summed E-state index contributed by atoms with van der Waals surface area (Å²) in [6, 6.07) is 1.69. The van der Waals surface area contributed by atoms with Crippen molar-refractivity contribution in [1.29, 1.82) is 0 Å². The minimum atomic E-state index is 0.651. The highest BCUT2D eigenvalue weighted by molar-refractivity contribution is 5.08. The predicted octanol–water partition coefficient (Wildman–Crippen LogP) is 3.17. The van der Waals surface area contributed by atoms with Gasteiger partial charge in [-0.25, -0.2) is 0 Å². The van der Waals surface area contributed by atoms with Gasteiger partial charge in [0.05, 0.1) is 0 Å². The first kappa shape index (κ1) is 12.5. The van der Waals surface area contributed by atoms with E-state index in [-0.39, 0.29) is 0 Å². The van der Waals surface area contributed by atoms with Crippen LogP contribution in [0.5, 0.6) is 0 Å². The van der Waals surface area contributed by atoms with E-state index in [9.17, 15) is 0 Å². The number of rotatable bonds is 3. The van der Waals surface area contributed by atoms with Gasteiger partial charge in [0.15, 0.2) is 0 Å². The van der Waals surface area contributed by atoms with Crippen LogP contribution < -0.4 is 5.32 Å². The van der Waals surface area contributed by atoms with Gasteiger partial charge in [0, 0.05) is 24.2 Å². The van der Waals surface area contributed by atoms with Crippen LogP contribution in [0.2, 0.25) is 0 Å². The monoisotopic (exact) mass is 274 g/mol.